The Morgan fingerprint density at radius 1 is 1.07 bits per heavy atom. The van der Waals surface area contributed by atoms with Crippen molar-refractivity contribution in [1.82, 2.24) is 5.32 Å². The Morgan fingerprint density at radius 3 is 2.37 bits per heavy atom. The molecule has 1 aliphatic heterocycles. The van der Waals surface area contributed by atoms with E-state index in [1.54, 1.807) is 0 Å². The summed E-state index contributed by atoms with van der Waals surface area (Å²) in [5.74, 6) is 0.629. The normalized spacial score (nSPS) is 14.7. The van der Waals surface area contributed by atoms with Crippen molar-refractivity contribution in [2.24, 2.45) is 5.92 Å². The third-order valence-electron chi connectivity index (χ3n) is 5.13. The molecule has 0 radical (unpaired) electrons. The van der Waals surface area contributed by atoms with Crippen LogP contribution in [0, 0.1) is 19.8 Å². The Kier molecular flexibility index (Phi) is 6.11. The highest BCUT2D eigenvalue weighted by Crippen LogP contribution is 2.24. The molecule has 0 saturated carbocycles. The molecule has 0 unspecified atom stereocenters. The van der Waals surface area contributed by atoms with E-state index in [4.69, 9.17) is 12.2 Å². The van der Waals surface area contributed by atoms with Gasteiger partial charge >= 0.3 is 0 Å². The molecule has 142 valence electrons. The zero-order valence-electron chi connectivity index (χ0n) is 16.2. The van der Waals surface area contributed by atoms with Crippen LogP contribution in [0.1, 0.15) is 41.3 Å². The summed E-state index contributed by atoms with van der Waals surface area (Å²) in [4.78, 5) is 14.8. The van der Waals surface area contributed by atoms with Crippen molar-refractivity contribution in [3.63, 3.8) is 0 Å². The summed E-state index contributed by atoms with van der Waals surface area (Å²) in [6.07, 6.45) is 2.49. The maximum atomic E-state index is 12.4. The lowest BCUT2D eigenvalue weighted by Gasteiger charge is -2.32. The number of nitrogens with one attached hydrogen (secondary N) is 2. The maximum Gasteiger partial charge on any atom is 0.257 e. The van der Waals surface area contributed by atoms with E-state index in [0.29, 0.717) is 10.7 Å². The Labute approximate surface area is 167 Å². The van der Waals surface area contributed by atoms with E-state index in [-0.39, 0.29) is 5.91 Å². The van der Waals surface area contributed by atoms with Gasteiger partial charge in [0.15, 0.2) is 5.11 Å². The number of hydrogen-bond acceptors (Lipinski definition) is 3. The molecule has 5 heteroatoms. The SMILES string of the molecule is Cc1ccc(C(=O)NC(=S)Nc2ccc(N3CCC(C)CC3)cc2)c(C)c1. The smallest absolute Gasteiger partial charge is 0.257 e. The van der Waals surface area contributed by atoms with Gasteiger partial charge in [-0.1, -0.05) is 24.6 Å². The quantitative estimate of drug-likeness (QED) is 0.759. The lowest BCUT2D eigenvalue weighted by Crippen LogP contribution is -2.34. The van der Waals surface area contributed by atoms with Gasteiger partial charge in [-0.2, -0.15) is 0 Å². The molecule has 2 N–H and O–H groups in total. The highest BCUT2D eigenvalue weighted by molar-refractivity contribution is 7.80. The number of carbonyl (C=O) groups is 1. The Bertz CT molecular complexity index is 824. The third kappa shape index (κ3) is 5.07. The largest absolute Gasteiger partial charge is 0.372 e. The highest BCUT2D eigenvalue weighted by Gasteiger charge is 2.16. The van der Waals surface area contributed by atoms with Crippen molar-refractivity contribution in [1.29, 1.82) is 0 Å². The van der Waals surface area contributed by atoms with E-state index in [1.807, 2.05) is 44.2 Å². The minimum absolute atomic E-state index is 0.191. The molecular formula is C22H27N3OS. The zero-order chi connectivity index (χ0) is 19.4. The number of amides is 1. The van der Waals surface area contributed by atoms with Gasteiger partial charge in [0.1, 0.15) is 0 Å². The van der Waals surface area contributed by atoms with Crippen LogP contribution >= 0.6 is 12.2 Å². The standard InChI is InChI=1S/C22H27N3OS/c1-15-10-12-25(13-11-15)19-7-5-18(6-8-19)23-22(27)24-21(26)20-9-4-16(2)14-17(20)3/h4-9,14-15H,10-13H2,1-3H3,(H2,23,24,26,27). The van der Waals surface area contributed by atoms with E-state index in [0.717, 1.165) is 35.8 Å². The molecule has 4 nitrogen and oxygen atoms in total. The molecule has 0 spiro atoms. The molecule has 27 heavy (non-hydrogen) atoms. The van der Waals surface area contributed by atoms with Crippen molar-refractivity contribution >= 4 is 34.6 Å². The number of aryl methyl sites for hydroxylation is 2. The summed E-state index contributed by atoms with van der Waals surface area (Å²) in [6, 6.07) is 14.0. The topological polar surface area (TPSA) is 44.4 Å². The minimum atomic E-state index is -0.191. The van der Waals surface area contributed by atoms with Gasteiger partial charge in [-0.05, 0) is 80.7 Å². The van der Waals surface area contributed by atoms with E-state index < -0.39 is 0 Å². The highest BCUT2D eigenvalue weighted by atomic mass is 32.1. The summed E-state index contributed by atoms with van der Waals surface area (Å²) < 4.78 is 0. The molecule has 2 aromatic rings. The van der Waals surface area contributed by atoms with Gasteiger partial charge in [0.05, 0.1) is 0 Å². The average Bonchev–Trinajstić information content (AvgIpc) is 2.63. The molecule has 1 aliphatic rings. The third-order valence-corrected chi connectivity index (χ3v) is 5.33. The Morgan fingerprint density at radius 2 is 1.74 bits per heavy atom. The second-order valence-electron chi connectivity index (χ2n) is 7.44. The zero-order valence-corrected chi connectivity index (χ0v) is 17.0. The summed E-state index contributed by atoms with van der Waals surface area (Å²) in [5.41, 5.74) is 4.82. The molecule has 0 aromatic heterocycles. The van der Waals surface area contributed by atoms with E-state index in [2.05, 4.69) is 34.6 Å². The van der Waals surface area contributed by atoms with Gasteiger partial charge in [0, 0.05) is 30.0 Å². The fourth-order valence-electron chi connectivity index (χ4n) is 3.42. The van der Waals surface area contributed by atoms with Crippen LogP contribution in [-0.4, -0.2) is 24.1 Å². The number of nitrogens with zero attached hydrogens (tertiary/aromatic N) is 1. The Balaban J connectivity index is 1.57. The second kappa shape index (κ2) is 8.53. The van der Waals surface area contributed by atoms with Crippen molar-refractivity contribution < 1.29 is 4.79 Å². The van der Waals surface area contributed by atoms with E-state index >= 15 is 0 Å². The minimum Gasteiger partial charge on any atom is -0.372 e. The molecule has 1 amide bonds. The lowest BCUT2D eigenvalue weighted by atomic mass is 9.99. The van der Waals surface area contributed by atoms with Gasteiger partial charge < -0.3 is 10.2 Å². The molecule has 1 saturated heterocycles. The van der Waals surface area contributed by atoms with Crippen molar-refractivity contribution in [2.45, 2.75) is 33.6 Å². The fourth-order valence-corrected chi connectivity index (χ4v) is 3.63. The molecule has 3 rings (SSSR count). The average molecular weight is 382 g/mol. The summed E-state index contributed by atoms with van der Waals surface area (Å²) >= 11 is 5.30. The van der Waals surface area contributed by atoms with Gasteiger partial charge in [0.2, 0.25) is 0 Å². The summed E-state index contributed by atoms with van der Waals surface area (Å²) in [5, 5.41) is 6.16. The first kappa shape index (κ1) is 19.4. The van der Waals surface area contributed by atoms with Crippen LogP contribution in [0.4, 0.5) is 11.4 Å². The van der Waals surface area contributed by atoms with Crippen LogP contribution in [-0.2, 0) is 0 Å². The summed E-state index contributed by atoms with van der Waals surface area (Å²) in [6.45, 7) is 8.47. The van der Waals surface area contributed by atoms with Crippen molar-refractivity contribution in [2.75, 3.05) is 23.3 Å². The van der Waals surface area contributed by atoms with E-state index in [1.165, 1.54) is 18.5 Å². The first-order valence-corrected chi connectivity index (χ1v) is 9.88. The monoisotopic (exact) mass is 381 g/mol. The Hall–Kier alpha value is -2.40. The van der Waals surface area contributed by atoms with Crippen LogP contribution in [0.5, 0.6) is 0 Å². The molecule has 0 aliphatic carbocycles. The first-order chi connectivity index (χ1) is 12.9. The second-order valence-corrected chi connectivity index (χ2v) is 7.85. The summed E-state index contributed by atoms with van der Waals surface area (Å²) in [7, 11) is 0. The number of carbonyl (C=O) groups excluding carboxylic acids is 1. The molecule has 1 fully saturated rings. The maximum absolute atomic E-state index is 12.4. The van der Waals surface area contributed by atoms with Gasteiger partial charge in [-0.3, -0.25) is 10.1 Å². The number of hydrogen-bond donors (Lipinski definition) is 2. The van der Waals surface area contributed by atoms with Crippen molar-refractivity contribution in [3.8, 4) is 0 Å². The molecule has 2 aromatic carbocycles. The number of benzene rings is 2. The fraction of sp³-hybridized carbons (Fsp3) is 0.364. The molecule has 0 atom stereocenters. The predicted molar refractivity (Wildman–Crippen MR) is 117 cm³/mol. The van der Waals surface area contributed by atoms with Gasteiger partial charge in [0.25, 0.3) is 5.91 Å². The number of piperidine rings is 1. The van der Waals surface area contributed by atoms with Crippen LogP contribution in [0.15, 0.2) is 42.5 Å². The van der Waals surface area contributed by atoms with Crippen LogP contribution in [0.3, 0.4) is 0 Å². The lowest BCUT2D eigenvalue weighted by molar-refractivity contribution is 0.0977. The number of anilines is 2. The van der Waals surface area contributed by atoms with E-state index in [9.17, 15) is 4.79 Å². The molecular weight excluding hydrogens is 354 g/mol. The molecule has 1 heterocycles. The van der Waals surface area contributed by atoms with Gasteiger partial charge in [-0.15, -0.1) is 0 Å². The predicted octanol–water partition coefficient (Wildman–Crippen LogP) is 4.67. The van der Waals surface area contributed by atoms with Crippen LogP contribution in [0.25, 0.3) is 0 Å². The number of thiocarbonyl (C=S) groups is 1. The van der Waals surface area contributed by atoms with Gasteiger partial charge in [-0.25, -0.2) is 0 Å². The first-order valence-electron chi connectivity index (χ1n) is 9.47. The van der Waals surface area contributed by atoms with Crippen LogP contribution in [0.2, 0.25) is 0 Å². The molecule has 0 bridgehead atoms. The van der Waals surface area contributed by atoms with Crippen LogP contribution < -0.4 is 15.5 Å². The van der Waals surface area contributed by atoms with Crippen molar-refractivity contribution in [3.05, 3.63) is 59.2 Å². The number of rotatable bonds is 3.